The molecule has 33 heavy (non-hydrogen) atoms. The second-order valence-electron chi connectivity index (χ2n) is 8.15. The number of fused-ring (bicyclic) bond motifs is 1. The lowest BCUT2D eigenvalue weighted by Crippen LogP contribution is -2.48. The third-order valence-corrected chi connectivity index (χ3v) is 5.76. The highest BCUT2D eigenvalue weighted by Gasteiger charge is 2.20. The van der Waals surface area contributed by atoms with Crippen molar-refractivity contribution in [3.05, 3.63) is 47.9 Å². The molecule has 0 radical (unpaired) electrons. The van der Waals surface area contributed by atoms with Crippen molar-refractivity contribution in [1.82, 2.24) is 34.9 Å². The largest absolute Gasteiger partial charge is 0.340 e. The standard InChI is InChI=1S/C23H26N8O2/c1-3-21(32)31-10-8-30(9-11-31)14-16-6-7-24-20(12-16)28-23-26-18-5-4-17(13-19(18)27-23)22-25-15(2)29-33-22/h4-7,12-13H,3,8-11,14H2,1-2H3,(H2,24,26,27,28). The number of hydrogen-bond donors (Lipinski definition) is 2. The maximum absolute atomic E-state index is 11.9. The van der Waals surface area contributed by atoms with Crippen LogP contribution in [0.2, 0.25) is 0 Å². The Morgan fingerprint density at radius 1 is 1.15 bits per heavy atom. The number of benzene rings is 1. The van der Waals surface area contributed by atoms with E-state index in [4.69, 9.17) is 4.52 Å². The summed E-state index contributed by atoms with van der Waals surface area (Å²) in [6, 6.07) is 9.81. The van der Waals surface area contributed by atoms with Crippen molar-refractivity contribution in [3.63, 3.8) is 0 Å². The van der Waals surface area contributed by atoms with E-state index in [-0.39, 0.29) is 5.91 Å². The Morgan fingerprint density at radius 2 is 2.00 bits per heavy atom. The summed E-state index contributed by atoms with van der Waals surface area (Å²) in [5.41, 5.74) is 3.68. The summed E-state index contributed by atoms with van der Waals surface area (Å²) in [6.07, 6.45) is 2.37. The van der Waals surface area contributed by atoms with E-state index in [1.807, 2.05) is 42.2 Å². The van der Waals surface area contributed by atoms with Crippen LogP contribution in [-0.4, -0.2) is 67.0 Å². The average molecular weight is 447 g/mol. The maximum Gasteiger partial charge on any atom is 0.257 e. The normalized spacial score (nSPS) is 14.7. The molecule has 3 aromatic heterocycles. The smallest absolute Gasteiger partial charge is 0.257 e. The van der Waals surface area contributed by atoms with E-state index < -0.39 is 0 Å². The first-order valence-electron chi connectivity index (χ1n) is 11.1. The van der Waals surface area contributed by atoms with E-state index >= 15 is 0 Å². The third-order valence-electron chi connectivity index (χ3n) is 5.76. The van der Waals surface area contributed by atoms with Crippen LogP contribution < -0.4 is 5.32 Å². The van der Waals surface area contributed by atoms with Gasteiger partial charge in [-0.15, -0.1) is 0 Å². The maximum atomic E-state index is 11.9. The number of pyridine rings is 1. The molecule has 0 bridgehead atoms. The fourth-order valence-corrected chi connectivity index (χ4v) is 4.02. The molecular formula is C23H26N8O2. The van der Waals surface area contributed by atoms with Crippen LogP contribution in [0.4, 0.5) is 11.8 Å². The van der Waals surface area contributed by atoms with Gasteiger partial charge in [-0.3, -0.25) is 9.69 Å². The molecular weight excluding hydrogens is 420 g/mol. The van der Waals surface area contributed by atoms with Crippen molar-refractivity contribution in [1.29, 1.82) is 0 Å². The van der Waals surface area contributed by atoms with E-state index in [9.17, 15) is 4.79 Å². The summed E-state index contributed by atoms with van der Waals surface area (Å²) in [4.78, 5) is 32.8. The lowest BCUT2D eigenvalue weighted by Gasteiger charge is -2.34. The number of carbonyl (C=O) groups excluding carboxylic acids is 1. The van der Waals surface area contributed by atoms with Gasteiger partial charge in [-0.05, 0) is 42.8 Å². The molecule has 0 unspecified atom stereocenters. The van der Waals surface area contributed by atoms with Gasteiger partial charge >= 0.3 is 0 Å². The van der Waals surface area contributed by atoms with Gasteiger partial charge in [0.25, 0.3) is 5.89 Å². The fourth-order valence-electron chi connectivity index (χ4n) is 4.02. The molecule has 0 atom stereocenters. The number of aryl methyl sites for hydroxylation is 1. The number of nitrogens with one attached hydrogen (secondary N) is 2. The Hall–Kier alpha value is -3.79. The molecule has 1 amide bonds. The van der Waals surface area contributed by atoms with E-state index in [0.29, 0.717) is 24.1 Å². The number of aromatic nitrogens is 5. The van der Waals surface area contributed by atoms with Crippen LogP contribution in [0.15, 0.2) is 41.1 Å². The third kappa shape index (κ3) is 4.70. The first-order valence-corrected chi connectivity index (χ1v) is 11.1. The molecule has 170 valence electrons. The van der Waals surface area contributed by atoms with Gasteiger partial charge in [0, 0.05) is 50.9 Å². The number of anilines is 2. The molecule has 4 heterocycles. The Morgan fingerprint density at radius 3 is 2.76 bits per heavy atom. The number of aromatic amines is 1. The van der Waals surface area contributed by atoms with Crippen LogP contribution in [-0.2, 0) is 11.3 Å². The zero-order chi connectivity index (χ0) is 22.8. The Kier molecular flexibility index (Phi) is 5.74. The van der Waals surface area contributed by atoms with Crippen LogP contribution >= 0.6 is 0 Å². The van der Waals surface area contributed by atoms with Crippen molar-refractivity contribution in [2.75, 3.05) is 31.5 Å². The zero-order valence-electron chi connectivity index (χ0n) is 18.7. The van der Waals surface area contributed by atoms with Crippen molar-refractivity contribution in [3.8, 4) is 11.5 Å². The van der Waals surface area contributed by atoms with Crippen LogP contribution in [0.1, 0.15) is 24.7 Å². The van der Waals surface area contributed by atoms with Crippen LogP contribution in [0.5, 0.6) is 0 Å². The number of rotatable bonds is 6. The van der Waals surface area contributed by atoms with Crippen molar-refractivity contribution in [2.24, 2.45) is 0 Å². The molecule has 0 saturated carbocycles. The summed E-state index contributed by atoms with van der Waals surface area (Å²) in [7, 11) is 0. The summed E-state index contributed by atoms with van der Waals surface area (Å²) in [6.45, 7) is 7.84. The molecule has 4 aromatic rings. The first-order chi connectivity index (χ1) is 16.1. The molecule has 1 saturated heterocycles. The van der Waals surface area contributed by atoms with Crippen molar-refractivity contribution >= 4 is 28.7 Å². The Balaban J connectivity index is 1.25. The van der Waals surface area contributed by atoms with Gasteiger partial charge < -0.3 is 19.7 Å². The molecule has 10 nitrogen and oxygen atoms in total. The molecule has 2 N–H and O–H groups in total. The molecule has 1 aromatic carbocycles. The Labute approximate surface area is 191 Å². The minimum atomic E-state index is 0.232. The number of H-pyrrole nitrogens is 1. The van der Waals surface area contributed by atoms with Crippen LogP contribution in [0, 0.1) is 6.92 Å². The predicted molar refractivity (Wildman–Crippen MR) is 124 cm³/mol. The quantitative estimate of drug-likeness (QED) is 0.464. The number of amides is 1. The number of imidazole rings is 1. The van der Waals surface area contributed by atoms with Crippen molar-refractivity contribution < 1.29 is 9.32 Å². The number of nitrogens with zero attached hydrogens (tertiary/aromatic N) is 6. The monoisotopic (exact) mass is 446 g/mol. The Bertz CT molecular complexity index is 1270. The van der Waals surface area contributed by atoms with Gasteiger partial charge in [-0.2, -0.15) is 4.98 Å². The molecule has 5 rings (SSSR count). The highest BCUT2D eigenvalue weighted by molar-refractivity contribution is 5.82. The summed E-state index contributed by atoms with van der Waals surface area (Å²) < 4.78 is 5.26. The minimum absolute atomic E-state index is 0.232. The van der Waals surface area contributed by atoms with E-state index in [0.717, 1.165) is 60.7 Å². The van der Waals surface area contributed by atoms with Gasteiger partial charge in [0.05, 0.1) is 11.0 Å². The van der Waals surface area contributed by atoms with E-state index in [2.05, 4.69) is 35.3 Å². The second-order valence-corrected chi connectivity index (χ2v) is 8.15. The molecule has 1 aliphatic heterocycles. The van der Waals surface area contributed by atoms with Gasteiger partial charge in [0.1, 0.15) is 5.82 Å². The molecule has 0 spiro atoms. The highest BCUT2D eigenvalue weighted by atomic mass is 16.5. The fraction of sp³-hybridized carbons (Fsp3) is 0.348. The topological polar surface area (TPSA) is 116 Å². The lowest BCUT2D eigenvalue weighted by atomic mass is 10.2. The second kappa shape index (κ2) is 8.99. The molecule has 10 heteroatoms. The summed E-state index contributed by atoms with van der Waals surface area (Å²) in [5.74, 6) is 2.64. The van der Waals surface area contributed by atoms with Gasteiger partial charge in [-0.25, -0.2) is 9.97 Å². The molecule has 0 aliphatic carbocycles. The predicted octanol–water partition coefficient (Wildman–Crippen LogP) is 3.11. The van der Waals surface area contributed by atoms with E-state index in [1.165, 1.54) is 0 Å². The number of hydrogen-bond acceptors (Lipinski definition) is 8. The molecule has 1 fully saturated rings. The number of piperazine rings is 1. The highest BCUT2D eigenvalue weighted by Crippen LogP contribution is 2.24. The number of carbonyl (C=O) groups is 1. The van der Waals surface area contributed by atoms with Crippen LogP contribution in [0.25, 0.3) is 22.5 Å². The summed E-state index contributed by atoms with van der Waals surface area (Å²) in [5, 5.41) is 7.11. The van der Waals surface area contributed by atoms with Gasteiger partial charge in [0.2, 0.25) is 11.9 Å². The van der Waals surface area contributed by atoms with E-state index in [1.54, 1.807) is 13.1 Å². The van der Waals surface area contributed by atoms with Gasteiger partial charge in [0.15, 0.2) is 5.82 Å². The SMILES string of the molecule is CCC(=O)N1CCN(Cc2ccnc(Nc3nc4ccc(-c5nc(C)no5)cc4[nH]3)c2)CC1. The lowest BCUT2D eigenvalue weighted by molar-refractivity contribution is -0.132. The van der Waals surface area contributed by atoms with Crippen molar-refractivity contribution in [2.45, 2.75) is 26.8 Å². The minimum Gasteiger partial charge on any atom is -0.340 e. The molecule has 1 aliphatic rings. The van der Waals surface area contributed by atoms with Gasteiger partial charge in [-0.1, -0.05) is 12.1 Å². The summed E-state index contributed by atoms with van der Waals surface area (Å²) >= 11 is 0. The average Bonchev–Trinajstić information content (AvgIpc) is 3.44. The first kappa shape index (κ1) is 21.1. The zero-order valence-corrected chi connectivity index (χ0v) is 18.7. The van der Waals surface area contributed by atoms with Crippen LogP contribution in [0.3, 0.4) is 0 Å².